The molecule has 0 saturated heterocycles. The van der Waals surface area contributed by atoms with Gasteiger partial charge in [0.25, 0.3) is 0 Å². The number of halogens is 1. The van der Waals surface area contributed by atoms with Gasteiger partial charge in [-0.05, 0) is 43.0 Å². The van der Waals surface area contributed by atoms with E-state index in [2.05, 4.69) is 15.9 Å². The number of aliphatic hydroxyl groups excluding tert-OH is 1. The number of ether oxygens (including phenoxy) is 1. The minimum atomic E-state index is -0.291. The Morgan fingerprint density at radius 2 is 2.33 bits per heavy atom. The molecule has 0 aliphatic heterocycles. The summed E-state index contributed by atoms with van der Waals surface area (Å²) in [6, 6.07) is 5.93. The van der Waals surface area contributed by atoms with E-state index in [-0.39, 0.29) is 11.5 Å². The first-order valence-electron chi connectivity index (χ1n) is 6.32. The molecule has 0 aromatic heterocycles. The van der Waals surface area contributed by atoms with Gasteiger partial charge >= 0.3 is 0 Å². The molecule has 18 heavy (non-hydrogen) atoms. The van der Waals surface area contributed by atoms with E-state index in [9.17, 15) is 5.11 Å². The molecule has 2 rings (SSSR count). The summed E-state index contributed by atoms with van der Waals surface area (Å²) >= 11 is 3.56. The molecule has 2 unspecified atom stereocenters. The summed E-state index contributed by atoms with van der Waals surface area (Å²) in [5.41, 5.74) is 6.90. The van der Waals surface area contributed by atoms with Gasteiger partial charge in [0.2, 0.25) is 0 Å². The quantitative estimate of drug-likeness (QED) is 0.898. The van der Waals surface area contributed by atoms with Gasteiger partial charge in [-0.2, -0.15) is 0 Å². The molecule has 0 amide bonds. The van der Waals surface area contributed by atoms with Gasteiger partial charge in [0, 0.05) is 16.4 Å². The van der Waals surface area contributed by atoms with Crippen LogP contribution in [0.4, 0.5) is 0 Å². The molecular formula is C14H20BrNO2. The van der Waals surface area contributed by atoms with Crippen LogP contribution >= 0.6 is 15.9 Å². The van der Waals surface area contributed by atoms with Gasteiger partial charge in [-0.3, -0.25) is 0 Å². The summed E-state index contributed by atoms with van der Waals surface area (Å²) in [4.78, 5) is 0. The Kier molecular flexibility index (Phi) is 4.30. The highest BCUT2D eigenvalue weighted by Crippen LogP contribution is 2.42. The highest BCUT2D eigenvalue weighted by atomic mass is 79.9. The van der Waals surface area contributed by atoms with Gasteiger partial charge in [0.1, 0.15) is 5.75 Å². The van der Waals surface area contributed by atoms with Crippen LogP contribution < -0.4 is 10.5 Å². The van der Waals surface area contributed by atoms with Crippen molar-refractivity contribution < 1.29 is 9.84 Å². The first kappa shape index (κ1) is 13.8. The molecule has 0 radical (unpaired) electrons. The molecule has 3 N–H and O–H groups in total. The van der Waals surface area contributed by atoms with Crippen molar-refractivity contribution in [2.75, 3.05) is 13.7 Å². The van der Waals surface area contributed by atoms with E-state index in [1.54, 1.807) is 7.11 Å². The van der Waals surface area contributed by atoms with E-state index in [1.165, 1.54) is 0 Å². The predicted octanol–water partition coefficient (Wildman–Crippen LogP) is 2.49. The number of rotatable bonds is 4. The summed E-state index contributed by atoms with van der Waals surface area (Å²) in [5.74, 6) is 0.841. The maximum absolute atomic E-state index is 10.2. The van der Waals surface area contributed by atoms with Gasteiger partial charge in [-0.25, -0.2) is 0 Å². The lowest BCUT2D eigenvalue weighted by Crippen LogP contribution is -2.39. The van der Waals surface area contributed by atoms with Crippen molar-refractivity contribution in [2.24, 2.45) is 11.1 Å². The molecular weight excluding hydrogens is 294 g/mol. The number of aliphatic hydroxyl groups is 1. The average Bonchev–Trinajstić information content (AvgIpc) is 2.74. The van der Waals surface area contributed by atoms with Gasteiger partial charge in [-0.15, -0.1) is 0 Å². The third kappa shape index (κ3) is 2.56. The van der Waals surface area contributed by atoms with Crippen molar-refractivity contribution in [2.45, 2.75) is 31.8 Å². The molecule has 100 valence electrons. The van der Waals surface area contributed by atoms with Gasteiger partial charge in [-0.1, -0.05) is 22.4 Å². The highest BCUT2D eigenvalue weighted by Gasteiger charge is 2.41. The average molecular weight is 314 g/mol. The van der Waals surface area contributed by atoms with Gasteiger partial charge < -0.3 is 15.6 Å². The normalized spacial score (nSPS) is 27.4. The first-order chi connectivity index (χ1) is 8.61. The fourth-order valence-corrected chi connectivity index (χ4v) is 3.22. The van der Waals surface area contributed by atoms with Crippen LogP contribution in [0.5, 0.6) is 5.75 Å². The molecule has 1 fully saturated rings. The van der Waals surface area contributed by atoms with Crippen molar-refractivity contribution in [1.82, 2.24) is 0 Å². The fourth-order valence-electron chi connectivity index (χ4n) is 2.83. The highest BCUT2D eigenvalue weighted by molar-refractivity contribution is 9.10. The lowest BCUT2D eigenvalue weighted by Gasteiger charge is -2.32. The summed E-state index contributed by atoms with van der Waals surface area (Å²) in [6.45, 7) is 0.526. The Balaban J connectivity index is 2.27. The molecule has 1 aromatic rings. The minimum absolute atomic E-state index is 0.172. The van der Waals surface area contributed by atoms with E-state index < -0.39 is 0 Å². The number of hydrogen-bond donors (Lipinski definition) is 2. The van der Waals surface area contributed by atoms with Crippen molar-refractivity contribution in [3.05, 3.63) is 28.2 Å². The van der Waals surface area contributed by atoms with E-state index in [4.69, 9.17) is 10.5 Å². The number of methoxy groups -OCH3 is 1. The Labute approximate surface area is 116 Å². The van der Waals surface area contributed by atoms with E-state index >= 15 is 0 Å². The number of benzene rings is 1. The van der Waals surface area contributed by atoms with Crippen LogP contribution in [0.15, 0.2) is 22.7 Å². The second-order valence-electron chi connectivity index (χ2n) is 5.11. The second kappa shape index (κ2) is 5.59. The summed E-state index contributed by atoms with van der Waals surface area (Å²) < 4.78 is 6.30. The van der Waals surface area contributed by atoms with Crippen LogP contribution in [0, 0.1) is 5.41 Å². The zero-order valence-corrected chi connectivity index (χ0v) is 12.2. The third-order valence-electron chi connectivity index (χ3n) is 4.06. The molecule has 1 saturated carbocycles. The molecule has 2 atom stereocenters. The lowest BCUT2D eigenvalue weighted by atomic mass is 9.78. The van der Waals surface area contributed by atoms with Gasteiger partial charge in [0.15, 0.2) is 0 Å². The Bertz CT molecular complexity index is 424. The summed E-state index contributed by atoms with van der Waals surface area (Å²) in [7, 11) is 1.66. The van der Waals surface area contributed by atoms with Crippen LogP contribution in [-0.2, 0) is 6.42 Å². The van der Waals surface area contributed by atoms with E-state index in [0.29, 0.717) is 6.54 Å². The minimum Gasteiger partial charge on any atom is -0.497 e. The zero-order chi connectivity index (χ0) is 13.2. The molecule has 1 aliphatic carbocycles. The Morgan fingerprint density at radius 1 is 1.56 bits per heavy atom. The van der Waals surface area contributed by atoms with E-state index in [0.717, 1.165) is 41.5 Å². The van der Waals surface area contributed by atoms with E-state index in [1.807, 2.05) is 18.2 Å². The van der Waals surface area contributed by atoms with Crippen LogP contribution in [0.3, 0.4) is 0 Å². The second-order valence-corrected chi connectivity index (χ2v) is 5.96. The molecule has 4 heteroatoms. The largest absolute Gasteiger partial charge is 0.497 e. The van der Waals surface area contributed by atoms with Crippen LogP contribution in [0.25, 0.3) is 0 Å². The van der Waals surface area contributed by atoms with Crippen LogP contribution in [-0.4, -0.2) is 24.9 Å². The maximum Gasteiger partial charge on any atom is 0.119 e. The molecule has 0 spiro atoms. The number of hydrogen-bond acceptors (Lipinski definition) is 3. The van der Waals surface area contributed by atoms with Crippen molar-refractivity contribution in [1.29, 1.82) is 0 Å². The maximum atomic E-state index is 10.2. The van der Waals surface area contributed by atoms with Crippen LogP contribution in [0.1, 0.15) is 24.8 Å². The molecule has 0 bridgehead atoms. The SMILES string of the molecule is COc1ccc(Br)c(CC2(CN)CCCC2O)c1. The molecule has 1 aliphatic rings. The van der Waals surface area contributed by atoms with Crippen molar-refractivity contribution in [3.8, 4) is 5.75 Å². The smallest absolute Gasteiger partial charge is 0.119 e. The monoisotopic (exact) mass is 313 g/mol. The van der Waals surface area contributed by atoms with Crippen molar-refractivity contribution >= 4 is 15.9 Å². The molecule has 0 heterocycles. The summed E-state index contributed by atoms with van der Waals surface area (Å²) in [5, 5.41) is 10.2. The standard InChI is InChI=1S/C14H20BrNO2/c1-18-11-4-5-12(15)10(7-11)8-14(9-16)6-2-3-13(14)17/h4-5,7,13,17H,2-3,6,8-9,16H2,1H3. The van der Waals surface area contributed by atoms with Crippen molar-refractivity contribution in [3.63, 3.8) is 0 Å². The van der Waals surface area contributed by atoms with Crippen LogP contribution in [0.2, 0.25) is 0 Å². The Morgan fingerprint density at radius 3 is 2.89 bits per heavy atom. The lowest BCUT2D eigenvalue weighted by molar-refractivity contribution is 0.0587. The first-order valence-corrected chi connectivity index (χ1v) is 7.11. The fraction of sp³-hybridized carbons (Fsp3) is 0.571. The number of nitrogens with two attached hydrogens (primary N) is 1. The summed E-state index contributed by atoms with van der Waals surface area (Å²) in [6.07, 6.45) is 3.41. The molecule has 1 aromatic carbocycles. The zero-order valence-electron chi connectivity index (χ0n) is 10.7. The predicted molar refractivity (Wildman–Crippen MR) is 75.7 cm³/mol. The molecule has 3 nitrogen and oxygen atoms in total. The Hall–Kier alpha value is -0.580. The van der Waals surface area contributed by atoms with Gasteiger partial charge in [0.05, 0.1) is 13.2 Å². The third-order valence-corrected chi connectivity index (χ3v) is 4.83. The topological polar surface area (TPSA) is 55.5 Å².